The van der Waals surface area contributed by atoms with Crippen LogP contribution in [0.5, 0.6) is 0 Å². The molecular weight excluding hydrogens is 252 g/mol. The minimum atomic E-state index is 0. The molecule has 25 valence electrons. The number of hydrogen-bond acceptors (Lipinski definition) is 0. The molecule has 0 aliphatic heterocycles. The largest absolute Gasteiger partial charge is 0.316 e. The molecule has 0 unspecified atom stereocenters. The van der Waals surface area contributed by atoms with Gasteiger partial charge < -0.3 is 0 Å². The van der Waals surface area contributed by atoms with Crippen LogP contribution in [0.2, 0.25) is 0 Å². The molecule has 5 heavy (non-hydrogen) atoms. The van der Waals surface area contributed by atoms with E-state index in [2.05, 4.69) is 0 Å². The quantitative estimate of drug-likeness (QED) is 0.447. The van der Waals surface area contributed by atoms with Gasteiger partial charge in [0.15, 0.2) is 0 Å². The normalized spacial score (nSPS) is 0.800. The van der Waals surface area contributed by atoms with Crippen molar-refractivity contribution >= 4 is 29.2 Å². The Kier molecular flexibility index (Phi) is 153. The Balaban J connectivity index is -0.00000000167. The summed E-state index contributed by atoms with van der Waals surface area (Å²) in [4.78, 5) is 0. The predicted octanol–water partition coefficient (Wildman–Crippen LogP) is -1.84. The second-order valence-electron chi connectivity index (χ2n) is 0. The van der Waals surface area contributed by atoms with Gasteiger partial charge in [-0.05, 0) is 0 Å². The van der Waals surface area contributed by atoms with Gasteiger partial charge in [0.25, 0.3) is 0 Å². The SMILES string of the molecule is [BH2][Mo].[Fe].[MgH2].[Zn]. The van der Waals surface area contributed by atoms with Crippen LogP contribution in [0.4, 0.5) is 0 Å². The van der Waals surface area contributed by atoms with Gasteiger partial charge in [-0.2, -0.15) is 0 Å². The molecule has 0 heterocycles. The molecule has 0 spiro atoms. The van der Waals surface area contributed by atoms with Gasteiger partial charge in [-0.25, -0.2) is 0 Å². The minimum absolute atomic E-state index is 0. The molecule has 5 heteroatoms. The van der Waals surface area contributed by atoms with E-state index >= 15 is 0 Å². The zero-order valence-corrected chi connectivity index (χ0v) is 8.55. The molecule has 0 rings (SSSR count). The van der Waals surface area contributed by atoms with Crippen LogP contribution in [0.25, 0.3) is 0 Å². The molecule has 0 fully saturated rings. The summed E-state index contributed by atoms with van der Waals surface area (Å²) < 4.78 is 0. The summed E-state index contributed by atoms with van der Waals surface area (Å²) >= 11 is 1.95. The van der Waals surface area contributed by atoms with E-state index in [4.69, 9.17) is 0 Å². The topological polar surface area (TPSA) is 0 Å². The van der Waals surface area contributed by atoms with E-state index in [9.17, 15) is 0 Å². The molecule has 0 aromatic rings. The molecule has 0 aliphatic rings. The van der Waals surface area contributed by atoms with Crippen molar-refractivity contribution in [1.82, 2.24) is 0 Å². The Morgan fingerprint density at radius 1 is 1.20 bits per heavy atom. The average Bonchev–Trinajstić information content (AvgIpc) is 1.00. The van der Waals surface area contributed by atoms with Crippen LogP contribution in [0.15, 0.2) is 0 Å². The van der Waals surface area contributed by atoms with Gasteiger partial charge in [0, 0.05) is 36.5 Å². The van der Waals surface area contributed by atoms with Crippen molar-refractivity contribution in [2.45, 2.75) is 0 Å². The molecule has 0 aromatic carbocycles. The van der Waals surface area contributed by atoms with Crippen LogP contribution in [-0.2, 0) is 56.2 Å². The molecular formula is H4BFeMgMoZn. The van der Waals surface area contributed by atoms with Crippen molar-refractivity contribution in [3.63, 3.8) is 0 Å². The second kappa shape index (κ2) is 30.1. The summed E-state index contributed by atoms with van der Waals surface area (Å²) in [5.41, 5.74) is 0. The maximum Gasteiger partial charge on any atom is 0.316 e. The molecule has 0 radical (unpaired) electrons. The van der Waals surface area contributed by atoms with Crippen LogP contribution in [0.1, 0.15) is 0 Å². The molecule has 0 saturated carbocycles. The summed E-state index contributed by atoms with van der Waals surface area (Å²) in [6, 6.07) is 0. The number of hydrogen-bond donors (Lipinski definition) is 0. The predicted molar refractivity (Wildman–Crippen MR) is 17.1 cm³/mol. The summed E-state index contributed by atoms with van der Waals surface area (Å²) in [7, 11) is 0. The molecule has 0 N–H and O–H groups in total. The van der Waals surface area contributed by atoms with Crippen LogP contribution in [-0.4, -0.2) is 29.2 Å². The first-order valence-electron chi connectivity index (χ1n) is 0.408. The van der Waals surface area contributed by atoms with Gasteiger partial charge in [0.1, 0.15) is 0 Å². The molecule has 0 amide bonds. The third kappa shape index (κ3) is 20.4. The Hall–Kier alpha value is 2.66. The van der Waals surface area contributed by atoms with Crippen LogP contribution in [0, 0.1) is 0 Å². The molecule has 0 aromatic heterocycles. The third-order valence-corrected chi connectivity index (χ3v) is 0. The Labute approximate surface area is 84.1 Å². The molecule has 0 saturated heterocycles. The first kappa shape index (κ1) is 25.4. The van der Waals surface area contributed by atoms with Crippen molar-refractivity contribution in [1.29, 1.82) is 0 Å². The van der Waals surface area contributed by atoms with E-state index in [-0.39, 0.29) is 59.6 Å². The first-order chi connectivity index (χ1) is 1.00. The molecule has 0 bridgehead atoms. The molecule has 0 aliphatic carbocycles. The molecule has 0 nitrogen and oxygen atoms in total. The number of rotatable bonds is 0. The second-order valence-corrected chi connectivity index (χ2v) is 0. The van der Waals surface area contributed by atoms with Gasteiger partial charge in [-0.1, -0.05) is 0 Å². The van der Waals surface area contributed by atoms with E-state index in [1.54, 1.807) is 0 Å². The standard InChI is InChI=1S/BH2.Fe.Mg.Mo.Zn.2H/h1H2;;;;;;/q+1;;;-1;;;. The average molecular weight is 256 g/mol. The summed E-state index contributed by atoms with van der Waals surface area (Å²) in [6.07, 6.45) is 2.01. The maximum atomic E-state index is 2.01. The van der Waals surface area contributed by atoms with Crippen LogP contribution in [0.3, 0.4) is 0 Å². The summed E-state index contributed by atoms with van der Waals surface area (Å²) in [5.74, 6) is 0. The maximum absolute atomic E-state index is 2.01. The Morgan fingerprint density at radius 2 is 1.20 bits per heavy atom. The van der Waals surface area contributed by atoms with E-state index in [0.717, 1.165) is 0 Å². The van der Waals surface area contributed by atoms with Crippen molar-refractivity contribution in [2.75, 3.05) is 0 Å². The molecule has 0 atom stereocenters. The zero-order valence-electron chi connectivity index (χ0n) is 2.47. The van der Waals surface area contributed by atoms with Gasteiger partial charge >= 0.3 is 48.8 Å². The van der Waals surface area contributed by atoms with E-state index in [1.165, 1.54) is 0 Å². The first-order valence-corrected chi connectivity index (χ1v) is 2.42. The fraction of sp³-hybridized carbons (Fsp3) is 0. The van der Waals surface area contributed by atoms with Crippen molar-refractivity contribution in [3.05, 3.63) is 0 Å². The van der Waals surface area contributed by atoms with Crippen molar-refractivity contribution in [3.8, 4) is 0 Å². The van der Waals surface area contributed by atoms with Gasteiger partial charge in [-0.15, -0.1) is 0 Å². The Bertz CT molecular complexity index is 11.6. The van der Waals surface area contributed by atoms with E-state index in [1.807, 2.05) is 25.7 Å². The van der Waals surface area contributed by atoms with Gasteiger partial charge in [0.05, 0.1) is 0 Å². The fourth-order valence-corrected chi connectivity index (χ4v) is 0. The van der Waals surface area contributed by atoms with Crippen molar-refractivity contribution < 1.29 is 56.2 Å². The summed E-state index contributed by atoms with van der Waals surface area (Å²) in [6.45, 7) is 0. The van der Waals surface area contributed by atoms with E-state index in [0.29, 0.717) is 0 Å². The van der Waals surface area contributed by atoms with Gasteiger partial charge in [0.2, 0.25) is 0 Å². The minimum Gasteiger partial charge on any atom is 0 e. The van der Waals surface area contributed by atoms with E-state index < -0.39 is 0 Å². The summed E-state index contributed by atoms with van der Waals surface area (Å²) in [5, 5.41) is 0. The third-order valence-electron chi connectivity index (χ3n) is 0. The van der Waals surface area contributed by atoms with Crippen LogP contribution < -0.4 is 0 Å². The van der Waals surface area contributed by atoms with Gasteiger partial charge in [-0.3, -0.25) is 0 Å². The fourth-order valence-electron chi connectivity index (χ4n) is 0. The smallest absolute Gasteiger partial charge is 0 e. The van der Waals surface area contributed by atoms with Crippen molar-refractivity contribution in [2.24, 2.45) is 0 Å². The zero-order chi connectivity index (χ0) is 2.00. The van der Waals surface area contributed by atoms with Crippen LogP contribution >= 0.6 is 0 Å². The Morgan fingerprint density at radius 3 is 1.20 bits per heavy atom. The monoisotopic (exact) mass is 257 g/mol.